The molecule has 2 aromatic rings. The molecule has 1 aliphatic rings. The molecule has 1 aromatic carbocycles. The number of aromatic nitrogens is 2. The highest BCUT2D eigenvalue weighted by Crippen LogP contribution is 2.21. The summed E-state index contributed by atoms with van der Waals surface area (Å²) >= 11 is 0. The number of amides is 1. The molecule has 0 spiro atoms. The molecule has 3 atom stereocenters. The molecule has 3 unspecified atom stereocenters. The number of aliphatic hydroxyl groups is 1. The van der Waals surface area contributed by atoms with E-state index in [1.165, 1.54) is 0 Å². The van der Waals surface area contributed by atoms with Crippen LogP contribution in [0.3, 0.4) is 0 Å². The summed E-state index contributed by atoms with van der Waals surface area (Å²) in [5.41, 5.74) is 2.02. The number of carbonyl (C=O) groups excluding carboxylic acids is 1. The molecule has 1 amide bonds. The van der Waals surface area contributed by atoms with E-state index in [-0.39, 0.29) is 18.0 Å². The molecule has 3 N–H and O–H groups in total. The van der Waals surface area contributed by atoms with E-state index in [2.05, 4.69) is 27.1 Å². The number of benzene rings is 1. The lowest BCUT2D eigenvalue weighted by Crippen LogP contribution is -2.41. The molecule has 1 aliphatic heterocycles. The first-order chi connectivity index (χ1) is 10.6. The number of nitrogens with one attached hydrogen (secondary N) is 2. The van der Waals surface area contributed by atoms with E-state index in [1.54, 1.807) is 0 Å². The Morgan fingerprint density at radius 3 is 3.00 bits per heavy atom. The third-order valence-corrected chi connectivity index (χ3v) is 4.17. The largest absolute Gasteiger partial charge is 0.392 e. The predicted octanol–water partition coefficient (Wildman–Crippen LogP) is 0.956. The number of nitrogens with zero attached hydrogens (tertiary/aromatic N) is 2. The van der Waals surface area contributed by atoms with E-state index in [0.29, 0.717) is 13.0 Å². The average molecular weight is 302 g/mol. The molecular weight excluding hydrogens is 280 g/mol. The van der Waals surface area contributed by atoms with Gasteiger partial charge in [-0.3, -0.25) is 4.79 Å². The highest BCUT2D eigenvalue weighted by atomic mass is 16.3. The topological polar surface area (TPSA) is 79.2 Å². The van der Waals surface area contributed by atoms with Gasteiger partial charge >= 0.3 is 0 Å². The van der Waals surface area contributed by atoms with Gasteiger partial charge in [0.1, 0.15) is 5.82 Å². The fourth-order valence-corrected chi connectivity index (χ4v) is 3.05. The number of fused-ring (bicyclic) bond motifs is 1. The van der Waals surface area contributed by atoms with Gasteiger partial charge in [-0.25, -0.2) is 4.98 Å². The Morgan fingerprint density at radius 2 is 2.32 bits per heavy atom. The van der Waals surface area contributed by atoms with E-state index in [0.717, 1.165) is 23.4 Å². The highest BCUT2D eigenvalue weighted by Gasteiger charge is 2.29. The van der Waals surface area contributed by atoms with Gasteiger partial charge in [-0.05, 0) is 32.4 Å². The number of hydrogen-bond donors (Lipinski definition) is 3. The number of β-amino-alcohol motifs (C(OH)–C–C–N with tert-alkyl or cyclic N) is 1. The van der Waals surface area contributed by atoms with Crippen molar-refractivity contribution in [2.75, 3.05) is 6.54 Å². The molecule has 6 nitrogen and oxygen atoms in total. The number of imidazole rings is 1. The molecule has 118 valence electrons. The van der Waals surface area contributed by atoms with Crippen LogP contribution < -0.4 is 10.6 Å². The van der Waals surface area contributed by atoms with E-state index in [9.17, 15) is 9.90 Å². The van der Waals surface area contributed by atoms with Crippen LogP contribution in [0.4, 0.5) is 0 Å². The highest BCUT2D eigenvalue weighted by molar-refractivity contribution is 5.82. The van der Waals surface area contributed by atoms with Crippen LogP contribution in [0.2, 0.25) is 0 Å². The Labute approximate surface area is 129 Å². The van der Waals surface area contributed by atoms with Crippen molar-refractivity contribution in [1.82, 2.24) is 20.2 Å². The number of hydrogen-bond acceptors (Lipinski definition) is 4. The van der Waals surface area contributed by atoms with Gasteiger partial charge in [0.2, 0.25) is 5.91 Å². The van der Waals surface area contributed by atoms with Crippen molar-refractivity contribution in [3.05, 3.63) is 30.1 Å². The van der Waals surface area contributed by atoms with Crippen LogP contribution in [0.25, 0.3) is 11.0 Å². The van der Waals surface area contributed by atoms with Gasteiger partial charge in [-0.15, -0.1) is 0 Å². The van der Waals surface area contributed by atoms with Crippen LogP contribution in [-0.2, 0) is 11.3 Å². The Morgan fingerprint density at radius 1 is 1.55 bits per heavy atom. The SMILES string of the molecule is CCn1c(C(C)NC(=O)C2CC(O)CN2)nc2ccccc21. The van der Waals surface area contributed by atoms with E-state index < -0.39 is 6.10 Å². The van der Waals surface area contributed by atoms with Crippen molar-refractivity contribution in [1.29, 1.82) is 0 Å². The van der Waals surface area contributed by atoms with Crippen molar-refractivity contribution in [2.24, 2.45) is 0 Å². The number of aryl methyl sites for hydroxylation is 1. The number of carbonyl (C=O) groups is 1. The van der Waals surface area contributed by atoms with Crippen LogP contribution >= 0.6 is 0 Å². The Hall–Kier alpha value is -1.92. The van der Waals surface area contributed by atoms with Crippen molar-refractivity contribution in [2.45, 2.75) is 45.0 Å². The van der Waals surface area contributed by atoms with E-state index in [4.69, 9.17) is 0 Å². The molecular formula is C16H22N4O2. The zero-order valence-electron chi connectivity index (χ0n) is 12.9. The van der Waals surface area contributed by atoms with Crippen molar-refractivity contribution in [3.63, 3.8) is 0 Å². The number of rotatable bonds is 4. The fraction of sp³-hybridized carbons (Fsp3) is 0.500. The lowest BCUT2D eigenvalue weighted by molar-refractivity contribution is -0.123. The maximum absolute atomic E-state index is 12.3. The second kappa shape index (κ2) is 6.06. The van der Waals surface area contributed by atoms with Crippen LogP contribution in [0.15, 0.2) is 24.3 Å². The first-order valence-electron chi connectivity index (χ1n) is 7.77. The summed E-state index contributed by atoms with van der Waals surface area (Å²) in [6.07, 6.45) is 0.0224. The summed E-state index contributed by atoms with van der Waals surface area (Å²) < 4.78 is 2.12. The Kier molecular flexibility index (Phi) is 4.13. The lowest BCUT2D eigenvalue weighted by Gasteiger charge is -2.18. The van der Waals surface area contributed by atoms with Gasteiger partial charge in [0.05, 0.1) is 29.2 Å². The van der Waals surface area contributed by atoms with Crippen LogP contribution in [0.5, 0.6) is 0 Å². The Balaban J connectivity index is 1.80. The molecule has 0 bridgehead atoms. The zero-order chi connectivity index (χ0) is 15.7. The monoisotopic (exact) mass is 302 g/mol. The minimum Gasteiger partial charge on any atom is -0.392 e. The zero-order valence-corrected chi connectivity index (χ0v) is 12.9. The van der Waals surface area contributed by atoms with Gasteiger partial charge in [0.15, 0.2) is 0 Å². The van der Waals surface area contributed by atoms with Gasteiger partial charge in [-0.1, -0.05) is 12.1 Å². The summed E-state index contributed by atoms with van der Waals surface area (Å²) in [7, 11) is 0. The molecule has 6 heteroatoms. The van der Waals surface area contributed by atoms with E-state index >= 15 is 0 Å². The molecule has 0 radical (unpaired) electrons. The van der Waals surface area contributed by atoms with Crippen LogP contribution in [0, 0.1) is 0 Å². The number of para-hydroxylation sites is 2. The second-order valence-electron chi connectivity index (χ2n) is 5.78. The minimum absolute atomic E-state index is 0.0845. The van der Waals surface area contributed by atoms with Gasteiger partial charge < -0.3 is 20.3 Å². The average Bonchev–Trinajstić information content (AvgIpc) is 3.10. The van der Waals surface area contributed by atoms with Gasteiger partial charge in [0.25, 0.3) is 0 Å². The minimum atomic E-state index is -0.439. The van der Waals surface area contributed by atoms with Crippen molar-refractivity contribution < 1.29 is 9.90 Å². The molecule has 1 aromatic heterocycles. The molecule has 1 fully saturated rings. The molecule has 0 aliphatic carbocycles. The van der Waals surface area contributed by atoms with E-state index in [1.807, 2.05) is 31.2 Å². The molecule has 2 heterocycles. The summed E-state index contributed by atoms with van der Waals surface area (Å²) in [5.74, 6) is 0.773. The summed E-state index contributed by atoms with van der Waals surface area (Å²) in [6, 6.07) is 7.48. The molecule has 1 saturated heterocycles. The maximum atomic E-state index is 12.3. The third kappa shape index (κ3) is 2.71. The quantitative estimate of drug-likeness (QED) is 0.786. The maximum Gasteiger partial charge on any atom is 0.237 e. The van der Waals surface area contributed by atoms with Crippen LogP contribution in [-0.4, -0.2) is 39.3 Å². The summed E-state index contributed by atoms with van der Waals surface area (Å²) in [4.78, 5) is 16.9. The first kappa shape index (κ1) is 15.0. The standard InChI is InChI=1S/C16H22N4O2/c1-3-20-14-7-5-4-6-12(14)19-15(20)10(2)18-16(22)13-8-11(21)9-17-13/h4-7,10-11,13,17,21H,3,8-9H2,1-2H3,(H,18,22). The molecule has 0 saturated carbocycles. The smallest absolute Gasteiger partial charge is 0.237 e. The summed E-state index contributed by atoms with van der Waals surface area (Å²) in [5, 5.41) is 15.5. The number of aliphatic hydroxyl groups excluding tert-OH is 1. The Bertz CT molecular complexity index is 682. The summed E-state index contributed by atoms with van der Waals surface area (Å²) in [6.45, 7) is 5.29. The molecule has 22 heavy (non-hydrogen) atoms. The van der Waals surface area contributed by atoms with Gasteiger partial charge in [-0.2, -0.15) is 0 Å². The second-order valence-corrected chi connectivity index (χ2v) is 5.78. The normalized spacial score (nSPS) is 22.9. The third-order valence-electron chi connectivity index (χ3n) is 4.17. The molecule has 3 rings (SSSR count). The fourth-order valence-electron chi connectivity index (χ4n) is 3.05. The predicted molar refractivity (Wildman–Crippen MR) is 84.4 cm³/mol. The van der Waals surface area contributed by atoms with Crippen molar-refractivity contribution >= 4 is 16.9 Å². The van der Waals surface area contributed by atoms with Crippen molar-refractivity contribution in [3.8, 4) is 0 Å². The van der Waals surface area contributed by atoms with Gasteiger partial charge in [0, 0.05) is 13.1 Å². The van der Waals surface area contributed by atoms with Crippen LogP contribution in [0.1, 0.15) is 32.1 Å². The first-order valence-corrected chi connectivity index (χ1v) is 7.77. The lowest BCUT2D eigenvalue weighted by atomic mass is 10.2.